The number of nitrogens with zero attached hydrogens (tertiary/aromatic N) is 1. The van der Waals surface area contributed by atoms with Gasteiger partial charge in [-0.05, 0) is 18.9 Å². The Morgan fingerprint density at radius 1 is 1.45 bits per heavy atom. The van der Waals surface area contributed by atoms with E-state index < -0.39 is 5.97 Å². The fourth-order valence-electron chi connectivity index (χ4n) is 2.43. The van der Waals surface area contributed by atoms with Gasteiger partial charge >= 0.3 is 5.97 Å². The quantitative estimate of drug-likeness (QED) is 0.833. The number of carboxylic acids is 1. The van der Waals surface area contributed by atoms with Crippen LogP contribution in [0.1, 0.15) is 24.8 Å². The summed E-state index contributed by atoms with van der Waals surface area (Å²) in [6.07, 6.45) is 2.22. The molecule has 0 aromatic heterocycles. The average molecular weight is 281 g/mol. The smallest absolute Gasteiger partial charge is 0.304 e. The van der Waals surface area contributed by atoms with Gasteiger partial charge in [-0.2, -0.15) is 0 Å². The summed E-state index contributed by atoms with van der Waals surface area (Å²) in [7, 11) is 0. The lowest BCUT2D eigenvalue weighted by Crippen LogP contribution is -2.33. The fraction of sp³-hybridized carbons (Fsp3) is 0.533. The second kappa shape index (κ2) is 7.36. The van der Waals surface area contributed by atoms with Crippen molar-refractivity contribution in [2.24, 2.45) is 0 Å². The number of hydrogen-bond donors (Lipinski definition) is 1. The molecule has 0 aliphatic carbocycles. The van der Waals surface area contributed by atoms with Crippen LogP contribution in [0.4, 0.5) is 4.39 Å². The second-order valence-electron chi connectivity index (χ2n) is 5.11. The monoisotopic (exact) mass is 281 g/mol. The Hall–Kier alpha value is -1.46. The minimum Gasteiger partial charge on any atom is -0.481 e. The summed E-state index contributed by atoms with van der Waals surface area (Å²) in [5.41, 5.74) is 0.593. The van der Waals surface area contributed by atoms with Gasteiger partial charge in [0.2, 0.25) is 0 Å². The predicted octanol–water partition coefficient (Wildman–Crippen LogP) is 2.28. The molecule has 0 amide bonds. The first kappa shape index (κ1) is 14.9. The maximum Gasteiger partial charge on any atom is 0.304 e. The van der Waals surface area contributed by atoms with Crippen molar-refractivity contribution in [2.75, 3.05) is 19.7 Å². The van der Waals surface area contributed by atoms with Gasteiger partial charge in [-0.15, -0.1) is 0 Å². The van der Waals surface area contributed by atoms with E-state index in [2.05, 4.69) is 0 Å². The molecular formula is C15H20FNO3. The number of rotatable bonds is 7. The molecule has 1 aliphatic rings. The Bertz CT molecular complexity index is 446. The minimum absolute atomic E-state index is 0.0567. The van der Waals surface area contributed by atoms with Crippen molar-refractivity contribution >= 4 is 5.97 Å². The molecule has 2 rings (SSSR count). The van der Waals surface area contributed by atoms with Crippen molar-refractivity contribution < 1.29 is 19.0 Å². The highest BCUT2D eigenvalue weighted by Gasteiger charge is 2.20. The van der Waals surface area contributed by atoms with E-state index in [-0.39, 0.29) is 18.3 Å². The van der Waals surface area contributed by atoms with Gasteiger partial charge < -0.3 is 9.84 Å². The van der Waals surface area contributed by atoms with Crippen molar-refractivity contribution in [3.63, 3.8) is 0 Å². The molecule has 0 spiro atoms. The van der Waals surface area contributed by atoms with Crippen LogP contribution in [0.2, 0.25) is 0 Å². The van der Waals surface area contributed by atoms with Crippen LogP contribution in [0.3, 0.4) is 0 Å². The lowest BCUT2D eigenvalue weighted by atomic mass is 10.1. The van der Waals surface area contributed by atoms with E-state index in [1.165, 1.54) is 6.07 Å². The third kappa shape index (κ3) is 4.58. The van der Waals surface area contributed by atoms with Gasteiger partial charge in [0.15, 0.2) is 0 Å². The van der Waals surface area contributed by atoms with Gasteiger partial charge in [-0.3, -0.25) is 9.69 Å². The molecule has 5 heteroatoms. The van der Waals surface area contributed by atoms with E-state index in [1.54, 1.807) is 18.2 Å². The molecule has 0 bridgehead atoms. The Balaban J connectivity index is 1.97. The van der Waals surface area contributed by atoms with Gasteiger partial charge in [-0.25, -0.2) is 4.39 Å². The molecule has 20 heavy (non-hydrogen) atoms. The van der Waals surface area contributed by atoms with Crippen LogP contribution in [0.15, 0.2) is 24.3 Å². The molecule has 4 nitrogen and oxygen atoms in total. The topological polar surface area (TPSA) is 49.8 Å². The van der Waals surface area contributed by atoms with Crippen LogP contribution in [0.5, 0.6) is 0 Å². The fourth-order valence-corrected chi connectivity index (χ4v) is 2.43. The predicted molar refractivity (Wildman–Crippen MR) is 72.9 cm³/mol. The number of ether oxygens (including phenoxy) is 1. The van der Waals surface area contributed by atoms with E-state index in [0.717, 1.165) is 19.4 Å². The molecule has 0 radical (unpaired) electrons. The molecular weight excluding hydrogens is 261 g/mol. The summed E-state index contributed by atoms with van der Waals surface area (Å²) in [4.78, 5) is 12.7. The normalized spacial score (nSPS) is 18.6. The molecule has 1 saturated heterocycles. The van der Waals surface area contributed by atoms with Gasteiger partial charge in [0.25, 0.3) is 0 Å². The highest BCUT2D eigenvalue weighted by atomic mass is 19.1. The molecule has 1 fully saturated rings. The van der Waals surface area contributed by atoms with E-state index in [4.69, 9.17) is 9.84 Å². The number of carbonyl (C=O) groups is 1. The zero-order valence-corrected chi connectivity index (χ0v) is 11.4. The number of aliphatic carboxylic acids is 1. The standard InChI is InChI=1S/C15H20FNO3/c16-14-6-2-1-4-12(14)10-17(8-7-15(18)19)11-13-5-3-9-20-13/h1-2,4,6,13H,3,5,7-11H2,(H,18,19). The number of carboxylic acid groups (broad SMARTS) is 1. The third-order valence-electron chi connectivity index (χ3n) is 3.48. The molecule has 1 atom stereocenters. The van der Waals surface area contributed by atoms with Crippen LogP contribution in [0, 0.1) is 5.82 Å². The van der Waals surface area contributed by atoms with Crippen molar-refractivity contribution in [3.05, 3.63) is 35.6 Å². The first-order valence-electron chi connectivity index (χ1n) is 6.94. The number of benzene rings is 1. The Morgan fingerprint density at radius 2 is 2.25 bits per heavy atom. The Morgan fingerprint density at radius 3 is 2.90 bits per heavy atom. The van der Waals surface area contributed by atoms with Gasteiger partial charge in [0.1, 0.15) is 5.82 Å². The first-order valence-corrected chi connectivity index (χ1v) is 6.94. The van der Waals surface area contributed by atoms with E-state index in [9.17, 15) is 9.18 Å². The zero-order valence-electron chi connectivity index (χ0n) is 11.4. The lowest BCUT2D eigenvalue weighted by Gasteiger charge is -2.24. The molecule has 1 aliphatic heterocycles. The van der Waals surface area contributed by atoms with E-state index >= 15 is 0 Å². The molecule has 1 aromatic rings. The van der Waals surface area contributed by atoms with Crippen LogP contribution in [0.25, 0.3) is 0 Å². The SMILES string of the molecule is O=C(O)CCN(Cc1ccccc1F)CC1CCCO1. The summed E-state index contributed by atoms with van der Waals surface area (Å²) >= 11 is 0. The van der Waals surface area contributed by atoms with Crippen molar-refractivity contribution in [1.82, 2.24) is 4.90 Å². The highest BCUT2D eigenvalue weighted by molar-refractivity contribution is 5.66. The van der Waals surface area contributed by atoms with Crippen LogP contribution >= 0.6 is 0 Å². The van der Waals surface area contributed by atoms with E-state index in [1.807, 2.05) is 4.90 Å². The maximum atomic E-state index is 13.7. The largest absolute Gasteiger partial charge is 0.481 e. The molecule has 110 valence electrons. The van der Waals surface area contributed by atoms with Crippen molar-refractivity contribution in [2.45, 2.75) is 31.9 Å². The summed E-state index contributed by atoms with van der Waals surface area (Å²) in [6.45, 7) is 2.24. The van der Waals surface area contributed by atoms with Crippen LogP contribution in [-0.2, 0) is 16.1 Å². The molecule has 1 heterocycles. The Kier molecular flexibility index (Phi) is 5.49. The average Bonchev–Trinajstić information content (AvgIpc) is 2.91. The molecule has 1 unspecified atom stereocenters. The summed E-state index contributed by atoms with van der Waals surface area (Å²) in [6, 6.07) is 6.61. The minimum atomic E-state index is -0.837. The lowest BCUT2D eigenvalue weighted by molar-refractivity contribution is -0.137. The third-order valence-corrected chi connectivity index (χ3v) is 3.48. The maximum absolute atomic E-state index is 13.7. The summed E-state index contributed by atoms with van der Waals surface area (Å²) in [5.74, 6) is -1.09. The second-order valence-corrected chi connectivity index (χ2v) is 5.11. The molecule has 1 N–H and O–H groups in total. The van der Waals surface area contributed by atoms with Crippen LogP contribution < -0.4 is 0 Å². The first-order chi connectivity index (χ1) is 9.65. The summed E-state index contributed by atoms with van der Waals surface area (Å²) in [5, 5.41) is 8.81. The summed E-state index contributed by atoms with van der Waals surface area (Å²) < 4.78 is 19.3. The highest BCUT2D eigenvalue weighted by Crippen LogP contribution is 2.16. The zero-order chi connectivity index (χ0) is 14.4. The van der Waals surface area contributed by atoms with E-state index in [0.29, 0.717) is 25.2 Å². The van der Waals surface area contributed by atoms with Crippen LogP contribution in [-0.4, -0.2) is 41.8 Å². The Labute approximate surface area is 118 Å². The molecule has 0 saturated carbocycles. The van der Waals surface area contributed by atoms with Crippen molar-refractivity contribution in [1.29, 1.82) is 0 Å². The van der Waals surface area contributed by atoms with Gasteiger partial charge in [-0.1, -0.05) is 18.2 Å². The van der Waals surface area contributed by atoms with Gasteiger partial charge in [0.05, 0.1) is 12.5 Å². The number of hydrogen-bond acceptors (Lipinski definition) is 3. The van der Waals surface area contributed by atoms with Gasteiger partial charge in [0, 0.05) is 31.8 Å². The van der Waals surface area contributed by atoms with Crippen molar-refractivity contribution in [3.8, 4) is 0 Å². The number of halogens is 1. The molecule has 1 aromatic carbocycles.